The van der Waals surface area contributed by atoms with Crippen LogP contribution in [-0.2, 0) is 10.0 Å². The van der Waals surface area contributed by atoms with Crippen LogP contribution in [0.3, 0.4) is 0 Å². The van der Waals surface area contributed by atoms with Gasteiger partial charge in [0.2, 0.25) is 10.0 Å². The lowest BCUT2D eigenvalue weighted by Crippen LogP contribution is -2.46. The van der Waals surface area contributed by atoms with Crippen molar-refractivity contribution in [1.29, 1.82) is 0 Å². The number of pyridine rings is 1. The quantitative estimate of drug-likeness (QED) is 0.340. The number of hydrogen-bond acceptors (Lipinski definition) is 5. The molecule has 8 nitrogen and oxygen atoms in total. The summed E-state index contributed by atoms with van der Waals surface area (Å²) < 4.78 is 26.7. The van der Waals surface area contributed by atoms with Crippen LogP contribution in [0.2, 0.25) is 0 Å². The number of nitrogens with zero attached hydrogens (tertiary/aromatic N) is 3. The molecule has 140 valence electrons. The molecule has 0 saturated carbocycles. The number of aromatic nitrogens is 1. The van der Waals surface area contributed by atoms with Crippen molar-refractivity contribution in [3.8, 4) is 0 Å². The highest BCUT2D eigenvalue weighted by molar-refractivity contribution is 7.89. The van der Waals surface area contributed by atoms with Crippen LogP contribution < -0.4 is 15.4 Å². The number of likely N-dealkylation sites (N-methyl/N-ethyl adjacent to an activating group) is 1. The molecule has 1 aliphatic rings. The van der Waals surface area contributed by atoms with Crippen molar-refractivity contribution >= 4 is 16.0 Å². The van der Waals surface area contributed by atoms with Gasteiger partial charge < -0.3 is 10.6 Å². The van der Waals surface area contributed by atoms with Crippen molar-refractivity contribution in [2.24, 2.45) is 4.99 Å². The minimum atomic E-state index is -3.52. The van der Waals surface area contributed by atoms with E-state index in [2.05, 4.69) is 37.2 Å². The molecule has 1 saturated heterocycles. The summed E-state index contributed by atoms with van der Waals surface area (Å²) >= 11 is 0. The Hall–Kier alpha value is -1.71. The predicted molar refractivity (Wildman–Crippen MR) is 99.1 cm³/mol. The minimum Gasteiger partial charge on any atom is -0.355 e. The molecule has 0 amide bonds. The number of aliphatic imine (C=N–C) groups is 1. The van der Waals surface area contributed by atoms with E-state index in [0.717, 1.165) is 19.6 Å². The molecule has 1 unspecified atom stereocenters. The summed E-state index contributed by atoms with van der Waals surface area (Å²) in [5, 5.41) is 6.44. The molecule has 0 radical (unpaired) electrons. The largest absolute Gasteiger partial charge is 0.355 e. The minimum absolute atomic E-state index is 0.165. The zero-order chi connectivity index (χ0) is 18.1. The van der Waals surface area contributed by atoms with Gasteiger partial charge >= 0.3 is 0 Å². The summed E-state index contributed by atoms with van der Waals surface area (Å²) in [6.07, 6.45) is 5.31. The smallest absolute Gasteiger partial charge is 0.242 e. The fraction of sp³-hybridized carbons (Fsp3) is 0.625. The first-order valence-electron chi connectivity index (χ1n) is 8.65. The Balaban J connectivity index is 1.71. The van der Waals surface area contributed by atoms with Gasteiger partial charge in [0.05, 0.1) is 0 Å². The van der Waals surface area contributed by atoms with Gasteiger partial charge in [-0.1, -0.05) is 6.92 Å². The first-order valence-corrected chi connectivity index (χ1v) is 10.1. The van der Waals surface area contributed by atoms with Gasteiger partial charge in [0, 0.05) is 45.1 Å². The molecule has 1 aromatic rings. The highest BCUT2D eigenvalue weighted by Gasteiger charge is 2.22. The maximum Gasteiger partial charge on any atom is 0.242 e. The summed E-state index contributed by atoms with van der Waals surface area (Å²) in [5.41, 5.74) is 0. The van der Waals surface area contributed by atoms with Crippen molar-refractivity contribution < 1.29 is 8.42 Å². The molecule has 9 heteroatoms. The fourth-order valence-electron chi connectivity index (χ4n) is 2.93. The lowest BCUT2D eigenvalue weighted by molar-refractivity contribution is 0.267. The number of sulfonamides is 1. The fourth-order valence-corrected chi connectivity index (χ4v) is 3.93. The number of hydrogen-bond donors (Lipinski definition) is 3. The first kappa shape index (κ1) is 19.6. The second-order valence-electron chi connectivity index (χ2n) is 5.89. The van der Waals surface area contributed by atoms with Crippen molar-refractivity contribution in [1.82, 2.24) is 25.2 Å². The molecule has 0 bridgehead atoms. The van der Waals surface area contributed by atoms with Crippen LogP contribution in [0.1, 0.15) is 19.8 Å². The summed E-state index contributed by atoms with van der Waals surface area (Å²) in [5.74, 6) is 0.684. The average molecular weight is 369 g/mol. The zero-order valence-corrected chi connectivity index (χ0v) is 15.7. The van der Waals surface area contributed by atoms with Crippen LogP contribution in [0.4, 0.5) is 0 Å². The van der Waals surface area contributed by atoms with Gasteiger partial charge in [0.1, 0.15) is 4.90 Å². The van der Waals surface area contributed by atoms with Crippen molar-refractivity contribution in [3.63, 3.8) is 0 Å². The molecule has 1 atom stereocenters. The molecule has 0 spiro atoms. The van der Waals surface area contributed by atoms with E-state index in [-0.39, 0.29) is 11.4 Å². The Morgan fingerprint density at radius 2 is 2.24 bits per heavy atom. The highest BCUT2D eigenvalue weighted by Crippen LogP contribution is 2.15. The lowest BCUT2D eigenvalue weighted by atomic mass is 10.2. The Morgan fingerprint density at radius 3 is 2.92 bits per heavy atom. The van der Waals surface area contributed by atoms with E-state index in [1.165, 1.54) is 25.1 Å². The molecule has 0 aromatic carbocycles. The molecule has 2 rings (SSSR count). The summed E-state index contributed by atoms with van der Waals surface area (Å²) in [4.78, 5) is 10.6. The van der Waals surface area contributed by atoms with Crippen molar-refractivity contribution in [2.45, 2.75) is 30.7 Å². The van der Waals surface area contributed by atoms with E-state index in [1.807, 2.05) is 0 Å². The SMILES string of the molecule is CCN1CCCC1CNC(=NC)NCCNS(=O)(=O)c1cccnc1. The third-order valence-electron chi connectivity index (χ3n) is 4.29. The Labute approximate surface area is 150 Å². The molecule has 1 fully saturated rings. The number of nitrogens with one attached hydrogen (secondary N) is 3. The third-order valence-corrected chi connectivity index (χ3v) is 5.73. The van der Waals surface area contributed by atoms with Gasteiger partial charge in [-0.05, 0) is 38.1 Å². The van der Waals surface area contributed by atoms with Crippen LogP contribution in [0.15, 0.2) is 34.4 Å². The summed E-state index contributed by atoms with van der Waals surface area (Å²) in [6, 6.07) is 3.65. The van der Waals surface area contributed by atoms with Gasteiger partial charge in [-0.25, -0.2) is 13.1 Å². The van der Waals surface area contributed by atoms with Crippen LogP contribution in [0, 0.1) is 0 Å². The van der Waals surface area contributed by atoms with Crippen LogP contribution in [0.25, 0.3) is 0 Å². The molecule has 3 N–H and O–H groups in total. The van der Waals surface area contributed by atoms with Crippen LogP contribution in [-0.4, -0.2) is 70.1 Å². The second-order valence-corrected chi connectivity index (χ2v) is 7.66. The van der Waals surface area contributed by atoms with Gasteiger partial charge in [-0.3, -0.25) is 14.9 Å². The van der Waals surface area contributed by atoms with Gasteiger partial charge in [0.15, 0.2) is 5.96 Å². The Kier molecular flexibility index (Phi) is 7.60. The molecule has 2 heterocycles. The number of rotatable bonds is 8. The van der Waals surface area contributed by atoms with E-state index in [1.54, 1.807) is 19.3 Å². The average Bonchev–Trinajstić information content (AvgIpc) is 3.09. The van der Waals surface area contributed by atoms with E-state index in [0.29, 0.717) is 18.5 Å². The monoisotopic (exact) mass is 368 g/mol. The van der Waals surface area contributed by atoms with Crippen molar-refractivity contribution in [3.05, 3.63) is 24.5 Å². The molecular formula is C16H28N6O2S. The van der Waals surface area contributed by atoms with E-state index in [4.69, 9.17) is 0 Å². The second kappa shape index (κ2) is 9.69. The van der Waals surface area contributed by atoms with Gasteiger partial charge in [0.25, 0.3) is 0 Å². The summed E-state index contributed by atoms with van der Waals surface area (Å²) in [7, 11) is -1.81. The van der Waals surface area contributed by atoms with Crippen molar-refractivity contribution in [2.75, 3.05) is 39.8 Å². The number of likely N-dealkylation sites (tertiary alicyclic amines) is 1. The van der Waals surface area contributed by atoms with Crippen LogP contribution >= 0.6 is 0 Å². The molecule has 0 aliphatic carbocycles. The molecular weight excluding hydrogens is 340 g/mol. The van der Waals surface area contributed by atoms with Crippen LogP contribution in [0.5, 0.6) is 0 Å². The topological polar surface area (TPSA) is 98.7 Å². The van der Waals surface area contributed by atoms with E-state index >= 15 is 0 Å². The zero-order valence-electron chi connectivity index (χ0n) is 14.9. The third kappa shape index (κ3) is 5.94. The first-order chi connectivity index (χ1) is 12.1. The van der Waals surface area contributed by atoms with E-state index < -0.39 is 10.0 Å². The highest BCUT2D eigenvalue weighted by atomic mass is 32.2. The van der Waals surface area contributed by atoms with E-state index in [9.17, 15) is 8.42 Å². The Morgan fingerprint density at radius 1 is 1.40 bits per heavy atom. The van der Waals surface area contributed by atoms with Gasteiger partial charge in [-0.2, -0.15) is 0 Å². The molecule has 25 heavy (non-hydrogen) atoms. The summed E-state index contributed by atoms with van der Waals surface area (Å²) in [6.45, 7) is 5.96. The normalized spacial score (nSPS) is 19.1. The molecule has 1 aromatic heterocycles. The maximum atomic E-state index is 12.1. The standard InChI is InChI=1S/C16H28N6O2S/c1-3-22-11-5-6-14(22)12-20-16(17-2)19-9-10-21-25(23,24)15-7-4-8-18-13-15/h4,7-8,13-14,21H,3,5-6,9-12H2,1-2H3,(H2,17,19,20). The Bertz CT molecular complexity index is 650. The maximum absolute atomic E-state index is 12.1. The molecule has 1 aliphatic heterocycles. The van der Waals surface area contributed by atoms with Gasteiger partial charge in [-0.15, -0.1) is 0 Å². The lowest BCUT2D eigenvalue weighted by Gasteiger charge is -2.24. The number of guanidine groups is 1. The predicted octanol–water partition coefficient (Wildman–Crippen LogP) is 0.00920.